The zero-order valence-electron chi connectivity index (χ0n) is 20.1. The van der Waals surface area contributed by atoms with E-state index in [1.165, 1.54) is 10.6 Å². The number of nitrogens with zero attached hydrogens (tertiary/aromatic N) is 3. The zero-order valence-corrected chi connectivity index (χ0v) is 20.1. The van der Waals surface area contributed by atoms with Crippen LogP contribution in [0.15, 0.2) is 54.6 Å². The van der Waals surface area contributed by atoms with Gasteiger partial charge in [-0.3, -0.25) is 4.57 Å². The molecule has 0 saturated heterocycles. The summed E-state index contributed by atoms with van der Waals surface area (Å²) >= 11 is 0. The van der Waals surface area contributed by atoms with Gasteiger partial charge in [0.1, 0.15) is 11.5 Å². The summed E-state index contributed by atoms with van der Waals surface area (Å²) in [6, 6.07) is 16.7. The van der Waals surface area contributed by atoms with Gasteiger partial charge in [0.05, 0.1) is 12.1 Å². The van der Waals surface area contributed by atoms with Crippen molar-refractivity contribution in [2.45, 2.75) is 39.4 Å². The van der Waals surface area contributed by atoms with Crippen molar-refractivity contribution in [3.63, 3.8) is 0 Å². The number of rotatable bonds is 8. The number of aromatic hydroxyl groups is 3. The molecule has 0 unspecified atom stereocenters. The molecule has 9 nitrogen and oxygen atoms in total. The summed E-state index contributed by atoms with van der Waals surface area (Å²) in [5.74, 6) is 1.80. The van der Waals surface area contributed by atoms with Crippen LogP contribution in [-0.2, 0) is 19.6 Å². The molecule has 1 aliphatic heterocycles. The highest BCUT2D eigenvalue weighted by Crippen LogP contribution is 2.38. The lowest BCUT2D eigenvalue weighted by Gasteiger charge is -2.14. The summed E-state index contributed by atoms with van der Waals surface area (Å²) in [6.45, 7) is 5.87. The van der Waals surface area contributed by atoms with E-state index in [4.69, 9.17) is 9.47 Å². The van der Waals surface area contributed by atoms with E-state index < -0.39 is 0 Å². The number of hydrogen-bond donors (Lipinski definition) is 4. The van der Waals surface area contributed by atoms with Gasteiger partial charge in [0.2, 0.25) is 6.79 Å². The molecular formula is C27H28N4O5. The molecule has 0 spiro atoms. The van der Waals surface area contributed by atoms with Crippen LogP contribution >= 0.6 is 0 Å². The molecule has 0 bridgehead atoms. The first kappa shape index (κ1) is 23.5. The molecule has 0 aliphatic carbocycles. The van der Waals surface area contributed by atoms with Gasteiger partial charge < -0.3 is 30.1 Å². The number of hydrogen-bond acceptors (Lipinski definition) is 8. The molecule has 9 heteroatoms. The number of fused-ring (bicyclic) bond motifs is 1. The highest BCUT2D eigenvalue weighted by atomic mass is 16.7. The topological polar surface area (TPSA) is 122 Å². The molecule has 0 amide bonds. The van der Waals surface area contributed by atoms with Gasteiger partial charge in [-0.2, -0.15) is 0 Å². The van der Waals surface area contributed by atoms with Gasteiger partial charge in [0, 0.05) is 19.2 Å². The van der Waals surface area contributed by atoms with Crippen molar-refractivity contribution in [3.8, 4) is 40.4 Å². The second-order valence-electron chi connectivity index (χ2n) is 9.10. The van der Waals surface area contributed by atoms with Gasteiger partial charge in [-0.1, -0.05) is 49.3 Å². The predicted molar refractivity (Wildman–Crippen MR) is 133 cm³/mol. The first-order valence-electron chi connectivity index (χ1n) is 11.7. The summed E-state index contributed by atoms with van der Waals surface area (Å²) < 4.78 is 12.3. The number of aromatic nitrogens is 3. The normalized spacial score (nSPS) is 12.4. The van der Waals surface area contributed by atoms with Crippen molar-refractivity contribution in [1.82, 2.24) is 20.1 Å². The van der Waals surface area contributed by atoms with Crippen LogP contribution in [0.4, 0.5) is 0 Å². The van der Waals surface area contributed by atoms with Crippen molar-refractivity contribution >= 4 is 0 Å². The van der Waals surface area contributed by atoms with Crippen LogP contribution in [0.2, 0.25) is 0 Å². The quantitative estimate of drug-likeness (QED) is 0.290. The molecular weight excluding hydrogens is 460 g/mol. The Balaban J connectivity index is 1.26. The van der Waals surface area contributed by atoms with E-state index in [1.54, 1.807) is 6.07 Å². The van der Waals surface area contributed by atoms with Crippen LogP contribution < -0.4 is 14.8 Å². The molecule has 0 fully saturated rings. The molecule has 4 N–H and O–H groups in total. The van der Waals surface area contributed by atoms with Gasteiger partial charge in [0.15, 0.2) is 17.3 Å². The Kier molecular flexibility index (Phi) is 6.39. The lowest BCUT2D eigenvalue weighted by Crippen LogP contribution is -2.12. The molecule has 1 aliphatic rings. The number of phenols is 2. The summed E-state index contributed by atoms with van der Waals surface area (Å²) in [7, 11) is 0. The Bertz CT molecular complexity index is 1380. The average Bonchev–Trinajstić information content (AvgIpc) is 3.46. The Hall–Kier alpha value is -4.24. The first-order chi connectivity index (χ1) is 17.4. The lowest BCUT2D eigenvalue weighted by atomic mass is 9.98. The molecule has 0 atom stereocenters. The Morgan fingerprint density at radius 3 is 2.31 bits per heavy atom. The largest absolute Gasteiger partial charge is 0.508 e. The molecule has 186 valence electrons. The maximum atomic E-state index is 10.5. The smallest absolute Gasteiger partial charge is 0.315 e. The van der Waals surface area contributed by atoms with E-state index in [9.17, 15) is 15.3 Å². The SMILES string of the molecule is CC(C)c1cc(-c2nnc(O)n2Cc2ccc(CNCc3ccc4c(c3)OCO4)cc2)c(O)cc1O. The highest BCUT2D eigenvalue weighted by Gasteiger charge is 2.20. The molecule has 4 aromatic rings. The average molecular weight is 489 g/mol. The van der Waals surface area contributed by atoms with Crippen LogP contribution in [0.3, 0.4) is 0 Å². The molecule has 1 aromatic heterocycles. The third-order valence-corrected chi connectivity index (χ3v) is 6.20. The fourth-order valence-corrected chi connectivity index (χ4v) is 4.22. The first-order valence-corrected chi connectivity index (χ1v) is 11.7. The molecule has 36 heavy (non-hydrogen) atoms. The summed E-state index contributed by atoms with van der Waals surface area (Å²) in [5.41, 5.74) is 4.24. The molecule has 0 saturated carbocycles. The van der Waals surface area contributed by atoms with Crippen LogP contribution in [0, 0.1) is 0 Å². The van der Waals surface area contributed by atoms with E-state index >= 15 is 0 Å². The monoisotopic (exact) mass is 488 g/mol. The van der Waals surface area contributed by atoms with Gasteiger partial charge in [0.25, 0.3) is 0 Å². The van der Waals surface area contributed by atoms with E-state index in [0.717, 1.165) is 28.2 Å². The number of ether oxygens (including phenoxy) is 2. The minimum atomic E-state index is -0.252. The summed E-state index contributed by atoms with van der Waals surface area (Å²) in [6.07, 6.45) is 0. The number of nitrogens with one attached hydrogen (secondary N) is 1. The molecule has 0 radical (unpaired) electrons. The Morgan fingerprint density at radius 1 is 0.833 bits per heavy atom. The van der Waals surface area contributed by atoms with Crippen LogP contribution in [0.5, 0.6) is 29.0 Å². The Morgan fingerprint density at radius 2 is 1.53 bits per heavy atom. The van der Waals surface area contributed by atoms with E-state index in [1.807, 2.05) is 56.3 Å². The summed E-state index contributed by atoms with van der Waals surface area (Å²) in [5, 5.41) is 42.3. The number of benzene rings is 3. The van der Waals surface area contributed by atoms with Gasteiger partial charge in [-0.25, -0.2) is 0 Å². The van der Waals surface area contributed by atoms with Crippen LogP contribution in [-0.4, -0.2) is 36.9 Å². The van der Waals surface area contributed by atoms with Crippen molar-refractivity contribution < 1.29 is 24.8 Å². The fraction of sp³-hybridized carbons (Fsp3) is 0.259. The van der Waals surface area contributed by atoms with Crippen molar-refractivity contribution in [1.29, 1.82) is 0 Å². The van der Waals surface area contributed by atoms with E-state index in [-0.39, 0.29) is 30.2 Å². The lowest BCUT2D eigenvalue weighted by molar-refractivity contribution is 0.174. The summed E-state index contributed by atoms with van der Waals surface area (Å²) in [4.78, 5) is 0. The molecule has 2 heterocycles. The second-order valence-corrected chi connectivity index (χ2v) is 9.10. The predicted octanol–water partition coefficient (Wildman–Crippen LogP) is 4.25. The maximum Gasteiger partial charge on any atom is 0.315 e. The van der Waals surface area contributed by atoms with Gasteiger partial charge >= 0.3 is 6.01 Å². The molecule has 5 rings (SSSR count). The van der Waals surface area contributed by atoms with E-state index in [0.29, 0.717) is 36.6 Å². The number of phenolic OH excluding ortho intramolecular Hbond substituents is 2. The minimum absolute atomic E-state index is 0.0178. The van der Waals surface area contributed by atoms with Crippen LogP contribution in [0.1, 0.15) is 42.0 Å². The van der Waals surface area contributed by atoms with Gasteiger partial charge in [-0.15, -0.1) is 5.10 Å². The standard InChI is InChI=1S/C27H28N4O5/c1-16(2)20-10-21(23(33)11-22(20)32)26-29-30-27(34)31(26)14-18-5-3-17(4-6-18)12-28-13-19-7-8-24-25(9-19)36-15-35-24/h3-11,16,28,32-33H,12-15H2,1-2H3,(H,30,34). The minimum Gasteiger partial charge on any atom is -0.508 e. The third kappa shape index (κ3) is 4.78. The van der Waals surface area contributed by atoms with Gasteiger partial charge in [-0.05, 0) is 46.4 Å². The van der Waals surface area contributed by atoms with E-state index in [2.05, 4.69) is 15.5 Å². The highest BCUT2D eigenvalue weighted by molar-refractivity contribution is 5.68. The fourth-order valence-electron chi connectivity index (χ4n) is 4.22. The molecule has 3 aromatic carbocycles. The van der Waals surface area contributed by atoms with Crippen molar-refractivity contribution in [2.24, 2.45) is 0 Å². The second kappa shape index (κ2) is 9.79. The third-order valence-electron chi connectivity index (χ3n) is 6.20. The maximum absolute atomic E-state index is 10.5. The zero-order chi connectivity index (χ0) is 25.2. The Labute approximate surface area is 208 Å². The van der Waals surface area contributed by atoms with Crippen LogP contribution in [0.25, 0.3) is 11.4 Å². The van der Waals surface area contributed by atoms with Crippen molar-refractivity contribution in [3.05, 3.63) is 76.9 Å². The van der Waals surface area contributed by atoms with Crippen molar-refractivity contribution in [2.75, 3.05) is 6.79 Å².